The average molecular weight is 417 g/mol. The molecule has 0 radical (unpaired) electrons. The quantitative estimate of drug-likeness (QED) is 0.541. The minimum atomic E-state index is -1.20. The number of ether oxygens (including phenoxy) is 1. The van der Waals surface area contributed by atoms with Crippen LogP contribution in [0.4, 0.5) is 4.39 Å². The van der Waals surface area contributed by atoms with E-state index in [1.165, 1.54) is 28.0 Å². The number of carbonyl (C=O) groups excluding carboxylic acids is 1. The van der Waals surface area contributed by atoms with Crippen molar-refractivity contribution >= 4 is 27.5 Å². The highest BCUT2D eigenvalue weighted by molar-refractivity contribution is 7.19. The molecule has 0 bridgehead atoms. The lowest BCUT2D eigenvalue weighted by atomic mass is 10.0. The van der Waals surface area contributed by atoms with Crippen molar-refractivity contribution in [3.05, 3.63) is 51.1 Å². The molecule has 0 aliphatic rings. The second-order valence-electron chi connectivity index (χ2n) is 7.42. The van der Waals surface area contributed by atoms with Crippen molar-refractivity contribution in [2.24, 2.45) is 0 Å². The van der Waals surface area contributed by atoms with Crippen LogP contribution in [0.15, 0.2) is 29.1 Å². The first-order valence-corrected chi connectivity index (χ1v) is 10.5. The highest BCUT2D eigenvalue weighted by Gasteiger charge is 2.36. The van der Waals surface area contributed by atoms with Crippen molar-refractivity contribution in [3.63, 3.8) is 0 Å². The van der Waals surface area contributed by atoms with Crippen LogP contribution in [-0.2, 0) is 21.5 Å². The summed E-state index contributed by atoms with van der Waals surface area (Å²) in [4.78, 5) is 32.7. The number of aryl methyl sites for hydroxylation is 2. The molecule has 2 aromatic heterocycles. The molecule has 5 nitrogen and oxygen atoms in total. The summed E-state index contributed by atoms with van der Waals surface area (Å²) < 4.78 is 20.1. The summed E-state index contributed by atoms with van der Waals surface area (Å²) in [5, 5.41) is 0.455. The number of nitrogens with zero attached hydrogens (tertiary/aromatic N) is 2. The molecule has 0 saturated heterocycles. The standard InChI is InChI=1S/C22H25FN2O3S/c1-6-8-16-24-19-18(20(26)25(16)22(4,5)21(27)28-7-2)17(13(3)29-19)14-9-11-15(23)12-10-14/h9-12H,6-8H2,1-5H3. The molecule has 0 saturated carbocycles. The molecule has 0 amide bonds. The van der Waals surface area contributed by atoms with Gasteiger partial charge in [-0.2, -0.15) is 0 Å². The van der Waals surface area contributed by atoms with Crippen LogP contribution in [0.2, 0.25) is 0 Å². The molecule has 0 spiro atoms. The zero-order valence-corrected chi connectivity index (χ0v) is 18.2. The van der Waals surface area contributed by atoms with Crippen LogP contribution in [0.1, 0.15) is 44.8 Å². The number of aromatic nitrogens is 2. The summed E-state index contributed by atoms with van der Waals surface area (Å²) in [5.74, 6) is -0.249. The van der Waals surface area contributed by atoms with E-state index in [1.807, 2.05) is 13.8 Å². The number of fused-ring (bicyclic) bond motifs is 1. The third-order valence-corrected chi connectivity index (χ3v) is 5.91. The van der Waals surface area contributed by atoms with Crippen molar-refractivity contribution < 1.29 is 13.9 Å². The Bertz CT molecular complexity index is 1110. The van der Waals surface area contributed by atoms with E-state index in [9.17, 15) is 14.0 Å². The molecule has 29 heavy (non-hydrogen) atoms. The molecule has 0 fully saturated rings. The van der Waals surface area contributed by atoms with Crippen molar-refractivity contribution in [3.8, 4) is 11.1 Å². The average Bonchev–Trinajstić information content (AvgIpc) is 2.99. The van der Waals surface area contributed by atoms with Crippen LogP contribution in [0.3, 0.4) is 0 Å². The smallest absolute Gasteiger partial charge is 0.331 e. The monoisotopic (exact) mass is 416 g/mol. The van der Waals surface area contributed by atoms with Gasteiger partial charge >= 0.3 is 5.97 Å². The van der Waals surface area contributed by atoms with Crippen LogP contribution < -0.4 is 5.56 Å². The third kappa shape index (κ3) is 3.71. The predicted molar refractivity (Wildman–Crippen MR) is 114 cm³/mol. The number of rotatable bonds is 6. The maximum absolute atomic E-state index is 13.7. The molecule has 0 unspecified atom stereocenters. The largest absolute Gasteiger partial charge is 0.464 e. The number of hydrogen-bond donors (Lipinski definition) is 0. The Morgan fingerprint density at radius 1 is 1.24 bits per heavy atom. The summed E-state index contributed by atoms with van der Waals surface area (Å²) in [6, 6.07) is 6.06. The lowest BCUT2D eigenvalue weighted by Gasteiger charge is -2.27. The number of hydrogen-bond acceptors (Lipinski definition) is 5. The van der Waals surface area contributed by atoms with E-state index in [1.54, 1.807) is 32.9 Å². The van der Waals surface area contributed by atoms with E-state index in [2.05, 4.69) is 0 Å². The predicted octanol–water partition coefficient (Wildman–Crippen LogP) is 4.82. The van der Waals surface area contributed by atoms with Gasteiger partial charge in [0, 0.05) is 16.9 Å². The summed E-state index contributed by atoms with van der Waals surface area (Å²) in [6.07, 6.45) is 1.35. The molecule has 0 atom stereocenters. The topological polar surface area (TPSA) is 61.2 Å². The highest BCUT2D eigenvalue weighted by atomic mass is 32.1. The van der Waals surface area contributed by atoms with E-state index in [-0.39, 0.29) is 18.0 Å². The molecule has 3 rings (SSSR count). The van der Waals surface area contributed by atoms with Crippen molar-refractivity contribution in [1.82, 2.24) is 9.55 Å². The maximum atomic E-state index is 13.7. The Hall–Kier alpha value is -2.54. The van der Waals surface area contributed by atoms with E-state index in [0.717, 1.165) is 22.4 Å². The first kappa shape index (κ1) is 21.2. The van der Waals surface area contributed by atoms with E-state index < -0.39 is 11.5 Å². The normalized spacial score (nSPS) is 11.8. The minimum Gasteiger partial charge on any atom is -0.464 e. The summed E-state index contributed by atoms with van der Waals surface area (Å²) in [7, 11) is 0. The first-order chi connectivity index (χ1) is 13.7. The molecule has 0 N–H and O–H groups in total. The summed E-state index contributed by atoms with van der Waals surface area (Å²) in [6.45, 7) is 9.24. The van der Waals surface area contributed by atoms with Crippen LogP contribution in [0, 0.1) is 12.7 Å². The van der Waals surface area contributed by atoms with Crippen LogP contribution in [0.5, 0.6) is 0 Å². The van der Waals surface area contributed by atoms with Crippen molar-refractivity contribution in [2.45, 2.75) is 53.0 Å². The molecule has 0 aliphatic carbocycles. The zero-order chi connectivity index (χ0) is 21.3. The van der Waals surface area contributed by atoms with Gasteiger partial charge in [-0.1, -0.05) is 19.1 Å². The third-order valence-electron chi connectivity index (χ3n) is 4.91. The Labute approximate surface area is 173 Å². The van der Waals surface area contributed by atoms with Gasteiger partial charge in [-0.3, -0.25) is 9.36 Å². The maximum Gasteiger partial charge on any atom is 0.331 e. The van der Waals surface area contributed by atoms with Gasteiger partial charge < -0.3 is 4.74 Å². The Morgan fingerprint density at radius 3 is 2.48 bits per heavy atom. The zero-order valence-electron chi connectivity index (χ0n) is 17.3. The van der Waals surface area contributed by atoms with Crippen LogP contribution in [0.25, 0.3) is 21.3 Å². The van der Waals surface area contributed by atoms with Crippen molar-refractivity contribution in [1.29, 1.82) is 0 Å². The lowest BCUT2D eigenvalue weighted by Crippen LogP contribution is -2.46. The fourth-order valence-corrected chi connectivity index (χ4v) is 4.59. The first-order valence-electron chi connectivity index (χ1n) is 9.71. The molecule has 3 aromatic rings. The SMILES string of the molecule is CCCc1nc2sc(C)c(-c3ccc(F)cc3)c2c(=O)n1C(C)(C)C(=O)OCC. The lowest BCUT2D eigenvalue weighted by molar-refractivity contribution is -0.152. The van der Waals surface area contributed by atoms with Gasteiger partial charge in [0.1, 0.15) is 22.0 Å². The van der Waals surface area contributed by atoms with Gasteiger partial charge in [0.2, 0.25) is 0 Å². The highest BCUT2D eigenvalue weighted by Crippen LogP contribution is 2.36. The van der Waals surface area contributed by atoms with Crippen LogP contribution in [-0.4, -0.2) is 22.1 Å². The summed E-state index contributed by atoms with van der Waals surface area (Å²) in [5.41, 5.74) is 0.00577. The van der Waals surface area contributed by atoms with E-state index in [0.29, 0.717) is 22.5 Å². The van der Waals surface area contributed by atoms with Gasteiger partial charge in [0.25, 0.3) is 5.56 Å². The molecular formula is C22H25FN2O3S. The number of thiophene rings is 1. The summed E-state index contributed by atoms with van der Waals surface area (Å²) >= 11 is 1.44. The van der Waals surface area contributed by atoms with Gasteiger partial charge in [-0.05, 0) is 51.8 Å². The van der Waals surface area contributed by atoms with Gasteiger partial charge in [0.05, 0.1) is 12.0 Å². The number of carbonyl (C=O) groups is 1. The molecule has 1 aromatic carbocycles. The van der Waals surface area contributed by atoms with Gasteiger partial charge in [-0.25, -0.2) is 14.2 Å². The van der Waals surface area contributed by atoms with Gasteiger partial charge in [0.15, 0.2) is 0 Å². The number of esters is 1. The second-order valence-corrected chi connectivity index (χ2v) is 8.62. The Balaban J connectivity index is 2.36. The van der Waals surface area contributed by atoms with Crippen LogP contribution >= 0.6 is 11.3 Å². The van der Waals surface area contributed by atoms with Gasteiger partial charge in [-0.15, -0.1) is 11.3 Å². The Morgan fingerprint density at radius 2 is 1.90 bits per heavy atom. The number of benzene rings is 1. The molecule has 0 aliphatic heterocycles. The molecular weight excluding hydrogens is 391 g/mol. The Kier molecular flexibility index (Phi) is 5.89. The van der Waals surface area contributed by atoms with Crippen molar-refractivity contribution in [2.75, 3.05) is 6.61 Å². The minimum absolute atomic E-state index is 0.230. The molecule has 154 valence electrons. The van der Waals surface area contributed by atoms with E-state index >= 15 is 0 Å². The fraction of sp³-hybridized carbons (Fsp3) is 0.409. The molecule has 2 heterocycles. The number of halogens is 1. The molecule has 7 heteroatoms. The fourth-order valence-electron chi connectivity index (χ4n) is 3.53. The van der Waals surface area contributed by atoms with E-state index in [4.69, 9.17) is 9.72 Å². The second kappa shape index (κ2) is 8.06.